The number of rotatable bonds is 13. The van der Waals surface area contributed by atoms with Gasteiger partial charge < -0.3 is 38.3 Å². The Bertz CT molecular complexity index is 854. The summed E-state index contributed by atoms with van der Waals surface area (Å²) >= 11 is 0. The molecule has 0 fully saturated rings. The first-order valence-corrected chi connectivity index (χ1v) is 9.83. The smallest absolute Gasteiger partial charge is 0.305 e. The second kappa shape index (κ2) is 13.4. The van der Waals surface area contributed by atoms with Crippen LogP contribution < -0.4 is 33.2 Å². The number of hydrogen-bond donors (Lipinski definition) is 8. The highest BCUT2D eigenvalue weighted by atomic mass is 16.4. The fraction of sp³-hybridized carbons (Fsp3) is 0.350. The second-order valence-electron chi connectivity index (χ2n) is 6.90. The first kappa shape index (κ1) is 26.1. The quantitative estimate of drug-likeness (QED) is 0.0812. The predicted octanol–water partition coefficient (Wildman–Crippen LogP) is -0.936. The highest BCUT2D eigenvalue weighted by Gasteiger charge is 2.26. The number of aliphatic carboxylic acids is 1. The highest BCUT2D eigenvalue weighted by Crippen LogP contribution is 2.10. The summed E-state index contributed by atoms with van der Waals surface area (Å²) in [7, 11) is 0. The summed E-state index contributed by atoms with van der Waals surface area (Å²) in [5.74, 6) is -3.81. The normalized spacial score (nSPS) is 12.5. The molecule has 0 unspecified atom stereocenters. The molecule has 12 nitrogen and oxygen atoms in total. The van der Waals surface area contributed by atoms with Crippen LogP contribution >= 0.6 is 0 Å². The minimum absolute atomic E-state index is 0.214. The average Bonchev–Trinajstić information content (AvgIpc) is 2.71. The van der Waals surface area contributed by atoms with E-state index >= 15 is 0 Å². The van der Waals surface area contributed by atoms with Crippen molar-refractivity contribution >= 4 is 41.4 Å². The fourth-order valence-electron chi connectivity index (χ4n) is 2.66. The molecule has 174 valence electrons. The van der Waals surface area contributed by atoms with Crippen LogP contribution in [-0.4, -0.2) is 53.4 Å². The molecule has 0 aliphatic heterocycles. The van der Waals surface area contributed by atoms with Crippen LogP contribution in [-0.2, 0) is 19.2 Å². The van der Waals surface area contributed by atoms with Crippen molar-refractivity contribution in [3.8, 4) is 0 Å². The molecule has 0 aliphatic carbocycles. The van der Waals surface area contributed by atoms with Crippen molar-refractivity contribution in [2.75, 3.05) is 11.9 Å². The maximum atomic E-state index is 12.5. The lowest BCUT2D eigenvalue weighted by molar-refractivity contribution is -0.140. The Kier molecular flexibility index (Phi) is 10.9. The van der Waals surface area contributed by atoms with E-state index in [0.717, 1.165) is 6.08 Å². The number of benzene rings is 1. The van der Waals surface area contributed by atoms with E-state index in [0.29, 0.717) is 30.6 Å². The molecule has 1 rings (SSSR count). The molecule has 0 heterocycles. The van der Waals surface area contributed by atoms with Crippen LogP contribution in [0.15, 0.2) is 30.3 Å². The first-order chi connectivity index (χ1) is 15.1. The van der Waals surface area contributed by atoms with Gasteiger partial charge in [0.15, 0.2) is 5.96 Å². The number of unbranched alkanes of at least 4 members (excludes halogenated alkanes) is 1. The van der Waals surface area contributed by atoms with Crippen LogP contribution in [0.1, 0.15) is 31.2 Å². The summed E-state index contributed by atoms with van der Waals surface area (Å²) in [5, 5.41) is 23.6. The van der Waals surface area contributed by atoms with Crippen molar-refractivity contribution in [3.05, 3.63) is 35.9 Å². The van der Waals surface area contributed by atoms with Gasteiger partial charge in [0, 0.05) is 11.8 Å². The van der Waals surface area contributed by atoms with E-state index in [-0.39, 0.29) is 12.4 Å². The van der Waals surface area contributed by atoms with E-state index in [9.17, 15) is 19.2 Å². The van der Waals surface area contributed by atoms with E-state index in [4.69, 9.17) is 27.7 Å². The van der Waals surface area contributed by atoms with Gasteiger partial charge in [-0.3, -0.25) is 24.6 Å². The molecule has 12 heteroatoms. The summed E-state index contributed by atoms with van der Waals surface area (Å²) in [4.78, 5) is 47.4. The summed E-state index contributed by atoms with van der Waals surface area (Å²) in [6.45, 7) is 0.416. The van der Waals surface area contributed by atoms with Crippen molar-refractivity contribution < 1.29 is 24.3 Å². The maximum absolute atomic E-state index is 12.5. The van der Waals surface area contributed by atoms with Gasteiger partial charge in [-0.2, -0.15) is 0 Å². The Morgan fingerprint density at radius 3 is 2.22 bits per heavy atom. The number of carbonyl (C=O) groups is 4. The number of carbonyl (C=O) groups excluding carboxylic acids is 3. The molecule has 11 N–H and O–H groups in total. The summed E-state index contributed by atoms with van der Waals surface area (Å²) < 4.78 is 0. The zero-order valence-corrected chi connectivity index (χ0v) is 17.5. The number of carboxylic acid groups (broad SMARTS) is 1. The first-order valence-electron chi connectivity index (χ1n) is 9.83. The number of carboxylic acids is 1. The lowest BCUT2D eigenvalue weighted by Crippen LogP contribution is -2.53. The van der Waals surface area contributed by atoms with Gasteiger partial charge >= 0.3 is 5.97 Å². The summed E-state index contributed by atoms with van der Waals surface area (Å²) in [6, 6.07) is 4.22. The SMILES string of the molecule is N=C(N)Nc1ccc(C=CC(=O)N[C@@H](CC(=O)O)C(=O)N[C@@H](CCCCN)C(N)=O)cc1. The van der Waals surface area contributed by atoms with Crippen LogP contribution in [0, 0.1) is 5.41 Å². The molecule has 0 spiro atoms. The molecule has 0 saturated carbocycles. The molecule has 0 aliphatic rings. The van der Waals surface area contributed by atoms with Gasteiger partial charge in [-0.1, -0.05) is 12.1 Å². The van der Waals surface area contributed by atoms with E-state index in [1.54, 1.807) is 24.3 Å². The van der Waals surface area contributed by atoms with Crippen molar-refractivity contribution in [1.29, 1.82) is 5.41 Å². The minimum atomic E-state index is -1.40. The van der Waals surface area contributed by atoms with Crippen molar-refractivity contribution in [2.24, 2.45) is 17.2 Å². The molecule has 1 aromatic rings. The standard InChI is InChI=1S/C20H29N7O5/c21-10-2-1-3-14(18(22)31)27-19(32)15(11-17(29)30)26-16(28)9-6-12-4-7-13(8-5-12)25-20(23)24/h4-9,14-15H,1-3,10-11,21H2,(H2,22,31)(H,26,28)(H,27,32)(H,29,30)(H4,23,24,25)/t14-,15-/m0/s1. The second-order valence-corrected chi connectivity index (χ2v) is 6.90. The number of guanidine groups is 1. The number of nitrogens with two attached hydrogens (primary N) is 3. The minimum Gasteiger partial charge on any atom is -0.481 e. The van der Waals surface area contributed by atoms with E-state index in [1.165, 1.54) is 6.08 Å². The molecule has 3 amide bonds. The lowest BCUT2D eigenvalue weighted by Gasteiger charge is -2.20. The molecule has 32 heavy (non-hydrogen) atoms. The summed E-state index contributed by atoms with van der Waals surface area (Å²) in [6.07, 6.45) is 3.35. The third kappa shape index (κ3) is 10.2. The van der Waals surface area contributed by atoms with Crippen molar-refractivity contribution in [2.45, 2.75) is 37.8 Å². The van der Waals surface area contributed by atoms with E-state index in [2.05, 4.69) is 16.0 Å². The van der Waals surface area contributed by atoms with Crippen LogP contribution in [0.4, 0.5) is 5.69 Å². The zero-order valence-electron chi connectivity index (χ0n) is 17.5. The molecule has 0 aromatic heterocycles. The maximum Gasteiger partial charge on any atom is 0.305 e. The monoisotopic (exact) mass is 447 g/mol. The molecular weight excluding hydrogens is 418 g/mol. The Morgan fingerprint density at radius 2 is 1.69 bits per heavy atom. The van der Waals surface area contributed by atoms with Gasteiger partial charge in [0.1, 0.15) is 12.1 Å². The molecular formula is C20H29N7O5. The average molecular weight is 447 g/mol. The Hall–Kier alpha value is -3.93. The van der Waals surface area contributed by atoms with Crippen LogP contribution in [0.3, 0.4) is 0 Å². The molecule has 0 radical (unpaired) electrons. The number of nitrogens with one attached hydrogen (secondary N) is 4. The third-order valence-corrected chi connectivity index (χ3v) is 4.24. The summed E-state index contributed by atoms with van der Waals surface area (Å²) in [5.41, 5.74) is 17.2. The fourth-order valence-corrected chi connectivity index (χ4v) is 2.66. The van der Waals surface area contributed by atoms with E-state index < -0.39 is 42.2 Å². The lowest BCUT2D eigenvalue weighted by atomic mass is 10.1. The number of anilines is 1. The van der Waals surface area contributed by atoms with Crippen LogP contribution in [0.25, 0.3) is 6.08 Å². The van der Waals surface area contributed by atoms with Gasteiger partial charge in [-0.15, -0.1) is 0 Å². The number of amides is 3. The van der Waals surface area contributed by atoms with Gasteiger partial charge in [-0.05, 0) is 49.6 Å². The van der Waals surface area contributed by atoms with Gasteiger partial charge in [-0.25, -0.2) is 0 Å². The Morgan fingerprint density at radius 1 is 1.03 bits per heavy atom. The topological polar surface area (TPSA) is 227 Å². The van der Waals surface area contributed by atoms with Crippen LogP contribution in [0.2, 0.25) is 0 Å². The van der Waals surface area contributed by atoms with Gasteiger partial charge in [0.25, 0.3) is 0 Å². The van der Waals surface area contributed by atoms with Gasteiger partial charge in [0.05, 0.1) is 6.42 Å². The van der Waals surface area contributed by atoms with E-state index in [1.807, 2.05) is 0 Å². The third-order valence-electron chi connectivity index (χ3n) is 4.24. The molecule has 2 atom stereocenters. The van der Waals surface area contributed by atoms with Crippen molar-refractivity contribution in [1.82, 2.24) is 10.6 Å². The number of primary amides is 1. The molecule has 0 saturated heterocycles. The zero-order chi connectivity index (χ0) is 24.1. The largest absolute Gasteiger partial charge is 0.481 e. The predicted molar refractivity (Wildman–Crippen MR) is 119 cm³/mol. The Labute approximate surface area is 185 Å². The Balaban J connectivity index is 2.77. The molecule has 1 aromatic carbocycles. The number of hydrogen-bond acceptors (Lipinski definition) is 6. The molecule has 0 bridgehead atoms. The highest BCUT2D eigenvalue weighted by molar-refractivity contribution is 5.98. The van der Waals surface area contributed by atoms with Crippen LogP contribution in [0.5, 0.6) is 0 Å². The van der Waals surface area contributed by atoms with Gasteiger partial charge in [0.2, 0.25) is 17.7 Å². The van der Waals surface area contributed by atoms with Crippen molar-refractivity contribution in [3.63, 3.8) is 0 Å².